The minimum Gasteiger partial charge on any atom is -0.481 e. The van der Waals surface area contributed by atoms with Crippen LogP contribution in [-0.2, 0) is 11.2 Å². The second-order valence-corrected chi connectivity index (χ2v) is 6.72. The highest BCUT2D eigenvalue weighted by Crippen LogP contribution is 2.23. The summed E-state index contributed by atoms with van der Waals surface area (Å²) in [5.41, 5.74) is 2.22. The molecule has 26 heavy (non-hydrogen) atoms. The predicted octanol–water partition coefficient (Wildman–Crippen LogP) is 3.63. The first-order valence-electron chi connectivity index (χ1n) is 8.19. The van der Waals surface area contributed by atoms with E-state index in [-0.39, 0.29) is 12.3 Å². The van der Waals surface area contributed by atoms with Crippen molar-refractivity contribution in [2.75, 3.05) is 0 Å². The number of amides is 1. The molecule has 1 heterocycles. The molecule has 1 amide bonds. The number of carboxylic acid groups (broad SMARTS) is 1. The van der Waals surface area contributed by atoms with Gasteiger partial charge in [-0.25, -0.2) is 4.98 Å². The van der Waals surface area contributed by atoms with E-state index in [1.54, 1.807) is 5.38 Å². The van der Waals surface area contributed by atoms with Crippen LogP contribution in [0, 0.1) is 0 Å². The van der Waals surface area contributed by atoms with Crippen LogP contribution in [0.1, 0.15) is 22.5 Å². The smallest absolute Gasteiger partial charge is 0.305 e. The Balaban J connectivity index is 1.71. The summed E-state index contributed by atoms with van der Waals surface area (Å²) in [4.78, 5) is 28.0. The van der Waals surface area contributed by atoms with E-state index in [9.17, 15) is 9.59 Å². The summed E-state index contributed by atoms with van der Waals surface area (Å²) in [6, 6.07) is 18.6. The fourth-order valence-corrected chi connectivity index (χ4v) is 3.44. The lowest BCUT2D eigenvalue weighted by Crippen LogP contribution is -2.38. The SMILES string of the molecule is O=C(O)CC(Cc1ccccc1)NC(=O)c1csc(-c2ccccc2)n1. The molecule has 132 valence electrons. The van der Waals surface area contributed by atoms with E-state index in [1.807, 2.05) is 60.7 Å². The van der Waals surface area contributed by atoms with Crippen molar-refractivity contribution in [1.29, 1.82) is 0 Å². The van der Waals surface area contributed by atoms with Gasteiger partial charge in [0, 0.05) is 17.0 Å². The lowest BCUT2D eigenvalue weighted by Gasteiger charge is -2.16. The van der Waals surface area contributed by atoms with Crippen LogP contribution in [0.5, 0.6) is 0 Å². The molecule has 0 radical (unpaired) electrons. The third kappa shape index (κ3) is 4.77. The number of rotatable bonds is 7. The van der Waals surface area contributed by atoms with Crippen molar-refractivity contribution >= 4 is 23.2 Å². The fraction of sp³-hybridized carbons (Fsp3) is 0.150. The monoisotopic (exact) mass is 366 g/mol. The third-order valence-electron chi connectivity index (χ3n) is 3.84. The van der Waals surface area contributed by atoms with Crippen molar-refractivity contribution in [3.05, 3.63) is 77.3 Å². The summed E-state index contributed by atoms with van der Waals surface area (Å²) in [6.07, 6.45) is 0.310. The Hall–Kier alpha value is -2.99. The van der Waals surface area contributed by atoms with Gasteiger partial charge in [0.1, 0.15) is 10.7 Å². The number of carbonyl (C=O) groups excluding carboxylic acids is 1. The van der Waals surface area contributed by atoms with Gasteiger partial charge in [-0.05, 0) is 12.0 Å². The van der Waals surface area contributed by atoms with E-state index in [0.717, 1.165) is 16.1 Å². The minimum atomic E-state index is -0.950. The Morgan fingerprint density at radius 2 is 1.69 bits per heavy atom. The number of nitrogens with zero attached hydrogens (tertiary/aromatic N) is 1. The molecule has 6 heteroatoms. The molecule has 0 bridgehead atoms. The van der Waals surface area contributed by atoms with Crippen LogP contribution in [0.3, 0.4) is 0 Å². The number of hydrogen-bond acceptors (Lipinski definition) is 4. The van der Waals surface area contributed by atoms with E-state index in [4.69, 9.17) is 5.11 Å². The van der Waals surface area contributed by atoms with E-state index in [1.165, 1.54) is 11.3 Å². The largest absolute Gasteiger partial charge is 0.481 e. The Labute approximate surface area is 155 Å². The molecule has 2 N–H and O–H groups in total. The second kappa shape index (κ2) is 8.40. The molecule has 1 aromatic heterocycles. The molecular formula is C20H18N2O3S. The zero-order chi connectivity index (χ0) is 18.4. The van der Waals surface area contributed by atoms with Gasteiger partial charge in [0.2, 0.25) is 0 Å². The third-order valence-corrected chi connectivity index (χ3v) is 4.73. The van der Waals surface area contributed by atoms with Gasteiger partial charge < -0.3 is 10.4 Å². The quantitative estimate of drug-likeness (QED) is 0.669. The molecule has 0 saturated heterocycles. The summed E-state index contributed by atoms with van der Waals surface area (Å²) in [6.45, 7) is 0. The van der Waals surface area contributed by atoms with Crippen LogP contribution in [0.4, 0.5) is 0 Å². The number of thiazole rings is 1. The van der Waals surface area contributed by atoms with Gasteiger partial charge in [0.05, 0.1) is 6.42 Å². The number of hydrogen-bond donors (Lipinski definition) is 2. The molecule has 1 atom stereocenters. The Morgan fingerprint density at radius 1 is 1.04 bits per heavy atom. The summed E-state index contributed by atoms with van der Waals surface area (Å²) >= 11 is 1.39. The molecule has 0 aliphatic carbocycles. The predicted molar refractivity (Wildman–Crippen MR) is 101 cm³/mol. The van der Waals surface area contributed by atoms with Gasteiger partial charge in [-0.1, -0.05) is 60.7 Å². The molecule has 0 aliphatic heterocycles. The maximum absolute atomic E-state index is 12.5. The van der Waals surface area contributed by atoms with Crippen LogP contribution in [-0.4, -0.2) is 28.0 Å². The van der Waals surface area contributed by atoms with Crippen molar-refractivity contribution in [2.45, 2.75) is 18.9 Å². The van der Waals surface area contributed by atoms with Crippen LogP contribution < -0.4 is 5.32 Å². The van der Waals surface area contributed by atoms with Crippen molar-refractivity contribution in [3.63, 3.8) is 0 Å². The van der Waals surface area contributed by atoms with Gasteiger partial charge in [-0.2, -0.15) is 0 Å². The van der Waals surface area contributed by atoms with Crippen molar-refractivity contribution < 1.29 is 14.7 Å². The second-order valence-electron chi connectivity index (χ2n) is 5.86. The minimum absolute atomic E-state index is 0.143. The van der Waals surface area contributed by atoms with Crippen molar-refractivity contribution in [1.82, 2.24) is 10.3 Å². The standard InChI is InChI=1S/C20H18N2O3S/c23-18(24)12-16(11-14-7-3-1-4-8-14)21-19(25)17-13-26-20(22-17)15-9-5-2-6-10-15/h1-10,13,16H,11-12H2,(H,21,25)(H,23,24). The molecule has 0 aliphatic rings. The van der Waals surface area contributed by atoms with E-state index >= 15 is 0 Å². The Morgan fingerprint density at radius 3 is 2.35 bits per heavy atom. The van der Waals surface area contributed by atoms with Crippen molar-refractivity contribution in [2.24, 2.45) is 0 Å². The van der Waals surface area contributed by atoms with Crippen molar-refractivity contribution in [3.8, 4) is 10.6 Å². The molecule has 0 saturated carbocycles. The van der Waals surface area contributed by atoms with Gasteiger partial charge in [-0.3, -0.25) is 9.59 Å². The molecule has 2 aromatic carbocycles. The molecular weight excluding hydrogens is 348 g/mol. The maximum atomic E-state index is 12.5. The first kappa shape index (κ1) is 17.8. The zero-order valence-corrected chi connectivity index (χ0v) is 14.8. The van der Waals surface area contributed by atoms with Gasteiger partial charge in [0.15, 0.2) is 0 Å². The van der Waals surface area contributed by atoms with Crippen LogP contribution in [0.2, 0.25) is 0 Å². The normalized spacial score (nSPS) is 11.7. The molecule has 1 unspecified atom stereocenters. The average Bonchev–Trinajstić information content (AvgIpc) is 3.13. The lowest BCUT2D eigenvalue weighted by atomic mass is 10.0. The van der Waals surface area contributed by atoms with E-state index < -0.39 is 12.0 Å². The highest BCUT2D eigenvalue weighted by Gasteiger charge is 2.19. The summed E-state index contributed by atoms with van der Waals surface area (Å²) < 4.78 is 0. The molecule has 0 fully saturated rings. The fourth-order valence-electron chi connectivity index (χ4n) is 2.63. The van der Waals surface area contributed by atoms with Crippen LogP contribution >= 0.6 is 11.3 Å². The van der Waals surface area contributed by atoms with E-state index in [2.05, 4.69) is 10.3 Å². The zero-order valence-electron chi connectivity index (χ0n) is 14.0. The number of benzene rings is 2. The highest BCUT2D eigenvalue weighted by atomic mass is 32.1. The average molecular weight is 366 g/mol. The van der Waals surface area contributed by atoms with Gasteiger partial charge in [-0.15, -0.1) is 11.3 Å². The first-order valence-corrected chi connectivity index (χ1v) is 9.07. The summed E-state index contributed by atoms with van der Waals surface area (Å²) in [7, 11) is 0. The first-order chi connectivity index (χ1) is 12.6. The Kier molecular flexibility index (Phi) is 5.76. The number of nitrogens with one attached hydrogen (secondary N) is 1. The number of aromatic nitrogens is 1. The summed E-state index contributed by atoms with van der Waals surface area (Å²) in [5, 5.41) is 14.4. The summed E-state index contributed by atoms with van der Waals surface area (Å²) in [5.74, 6) is -1.31. The van der Waals surface area contributed by atoms with Crippen LogP contribution in [0.25, 0.3) is 10.6 Å². The number of carboxylic acids is 1. The van der Waals surface area contributed by atoms with Gasteiger partial charge >= 0.3 is 5.97 Å². The maximum Gasteiger partial charge on any atom is 0.305 e. The Bertz CT molecular complexity index is 878. The molecule has 5 nitrogen and oxygen atoms in total. The van der Waals surface area contributed by atoms with Gasteiger partial charge in [0.25, 0.3) is 5.91 Å². The van der Waals surface area contributed by atoms with E-state index in [0.29, 0.717) is 12.1 Å². The number of carbonyl (C=O) groups is 2. The molecule has 0 spiro atoms. The molecule has 3 rings (SSSR count). The molecule has 3 aromatic rings. The topological polar surface area (TPSA) is 79.3 Å². The highest BCUT2D eigenvalue weighted by molar-refractivity contribution is 7.13. The van der Waals surface area contributed by atoms with Crippen LogP contribution in [0.15, 0.2) is 66.0 Å². The number of aliphatic carboxylic acids is 1. The lowest BCUT2D eigenvalue weighted by molar-refractivity contribution is -0.137.